The molecular weight excluding hydrogens is 404 g/mol. The maximum absolute atomic E-state index is 12.9. The van der Waals surface area contributed by atoms with Gasteiger partial charge in [-0.3, -0.25) is 4.79 Å². The number of fused-ring (bicyclic) bond motifs is 1. The Hall–Kier alpha value is -2.60. The van der Waals surface area contributed by atoms with Crippen LogP contribution in [0.5, 0.6) is 0 Å². The van der Waals surface area contributed by atoms with Crippen molar-refractivity contribution in [2.75, 3.05) is 42.5 Å². The number of rotatable bonds is 7. The lowest BCUT2D eigenvalue weighted by Crippen LogP contribution is -2.44. The number of piperidine rings is 1. The van der Waals surface area contributed by atoms with Gasteiger partial charge in [0.25, 0.3) is 0 Å². The summed E-state index contributed by atoms with van der Waals surface area (Å²) < 4.78 is 1.24. The molecule has 31 heavy (non-hydrogen) atoms. The van der Waals surface area contributed by atoms with E-state index in [1.807, 2.05) is 6.07 Å². The average molecular weight is 437 g/mol. The smallest absolute Gasteiger partial charge is 0.224 e. The zero-order valence-corrected chi connectivity index (χ0v) is 19.5. The lowest BCUT2D eigenvalue weighted by Gasteiger charge is -2.32. The lowest BCUT2D eigenvalue weighted by molar-refractivity contribution is -0.125. The fourth-order valence-electron chi connectivity index (χ4n) is 4.43. The summed E-state index contributed by atoms with van der Waals surface area (Å²) in [5.41, 5.74) is 4.79. The quantitative estimate of drug-likeness (QED) is 0.579. The van der Waals surface area contributed by atoms with Crippen molar-refractivity contribution < 1.29 is 4.79 Å². The molecule has 5 nitrogen and oxygen atoms in total. The molecule has 2 heterocycles. The number of likely N-dealkylation sites (N-methyl/N-ethyl adjacent to an activating group) is 1. The molecule has 0 aliphatic carbocycles. The molecule has 1 atom stereocenters. The first-order valence-corrected chi connectivity index (χ1v) is 12.1. The molecule has 2 aromatic carbocycles. The van der Waals surface area contributed by atoms with Gasteiger partial charge in [-0.25, -0.2) is 4.98 Å². The van der Waals surface area contributed by atoms with Crippen LogP contribution in [-0.4, -0.2) is 43.6 Å². The minimum atomic E-state index is 0.0235. The number of aryl methyl sites for hydroxylation is 2. The molecule has 1 aromatic heterocycles. The van der Waals surface area contributed by atoms with Crippen LogP contribution in [-0.2, 0) is 4.79 Å². The second-order valence-electron chi connectivity index (χ2n) is 8.42. The predicted octanol–water partition coefficient (Wildman–Crippen LogP) is 4.77. The Labute approximate surface area is 189 Å². The number of benzene rings is 2. The highest BCUT2D eigenvalue weighted by atomic mass is 32.1. The summed E-state index contributed by atoms with van der Waals surface area (Å²) in [7, 11) is 0. The molecule has 1 N–H and O–H groups in total. The number of aromatic nitrogens is 1. The van der Waals surface area contributed by atoms with Crippen LogP contribution in [0, 0.1) is 19.8 Å². The number of thiazole rings is 1. The van der Waals surface area contributed by atoms with Gasteiger partial charge in [-0.15, -0.1) is 0 Å². The van der Waals surface area contributed by atoms with E-state index in [9.17, 15) is 4.79 Å². The minimum Gasteiger partial charge on any atom is -0.370 e. The van der Waals surface area contributed by atoms with E-state index in [1.165, 1.54) is 21.5 Å². The van der Waals surface area contributed by atoms with Crippen LogP contribution in [0.2, 0.25) is 0 Å². The zero-order chi connectivity index (χ0) is 21.8. The third-order valence-corrected chi connectivity index (χ3v) is 7.13. The number of carbonyl (C=O) groups is 1. The van der Waals surface area contributed by atoms with E-state index in [-0.39, 0.29) is 11.8 Å². The van der Waals surface area contributed by atoms with Crippen molar-refractivity contribution in [3.63, 3.8) is 0 Å². The van der Waals surface area contributed by atoms with Crippen molar-refractivity contribution in [1.82, 2.24) is 10.3 Å². The maximum atomic E-state index is 12.9. The molecule has 0 saturated carbocycles. The molecule has 1 fully saturated rings. The number of carbonyl (C=O) groups excluding carboxylic acids is 1. The zero-order valence-electron chi connectivity index (χ0n) is 18.7. The molecule has 0 bridgehead atoms. The summed E-state index contributed by atoms with van der Waals surface area (Å²) in [4.78, 5) is 22.4. The van der Waals surface area contributed by atoms with Crippen LogP contribution in [0.4, 0.5) is 10.8 Å². The van der Waals surface area contributed by atoms with E-state index in [2.05, 4.69) is 72.3 Å². The van der Waals surface area contributed by atoms with Crippen LogP contribution in [0.3, 0.4) is 0 Å². The van der Waals surface area contributed by atoms with E-state index in [0.29, 0.717) is 6.54 Å². The van der Waals surface area contributed by atoms with Crippen LogP contribution in [0.25, 0.3) is 10.2 Å². The van der Waals surface area contributed by atoms with Crippen molar-refractivity contribution in [3.05, 3.63) is 53.6 Å². The summed E-state index contributed by atoms with van der Waals surface area (Å²) in [5, 5.41) is 4.22. The van der Waals surface area contributed by atoms with Crippen LogP contribution >= 0.6 is 11.3 Å². The number of nitrogens with zero attached hydrogens (tertiary/aromatic N) is 3. The third-order valence-electron chi connectivity index (χ3n) is 6.07. The number of para-hydroxylation sites is 1. The van der Waals surface area contributed by atoms with E-state index in [0.717, 1.165) is 49.7 Å². The lowest BCUT2D eigenvalue weighted by atomic mass is 9.97. The second-order valence-corrected chi connectivity index (χ2v) is 9.43. The Balaban J connectivity index is 1.35. The van der Waals surface area contributed by atoms with E-state index < -0.39 is 0 Å². The average Bonchev–Trinajstić information content (AvgIpc) is 3.22. The van der Waals surface area contributed by atoms with Gasteiger partial charge in [-0.1, -0.05) is 35.6 Å². The van der Waals surface area contributed by atoms with E-state index in [1.54, 1.807) is 11.3 Å². The molecule has 0 spiro atoms. The van der Waals surface area contributed by atoms with Gasteiger partial charge < -0.3 is 15.1 Å². The van der Waals surface area contributed by atoms with Gasteiger partial charge in [0, 0.05) is 38.4 Å². The molecule has 0 radical (unpaired) electrons. The summed E-state index contributed by atoms with van der Waals surface area (Å²) in [6, 6.07) is 14.8. The monoisotopic (exact) mass is 436 g/mol. The number of hydrogen-bond donors (Lipinski definition) is 1. The minimum absolute atomic E-state index is 0.0235. The molecule has 1 saturated heterocycles. The van der Waals surface area contributed by atoms with Gasteiger partial charge >= 0.3 is 0 Å². The van der Waals surface area contributed by atoms with Gasteiger partial charge in [0.2, 0.25) is 5.91 Å². The number of amides is 1. The molecular formula is C25H32N4OS. The van der Waals surface area contributed by atoms with Crippen LogP contribution in [0.1, 0.15) is 30.9 Å². The van der Waals surface area contributed by atoms with Crippen molar-refractivity contribution in [1.29, 1.82) is 0 Å². The normalized spacial score (nSPS) is 16.5. The van der Waals surface area contributed by atoms with Gasteiger partial charge in [0.15, 0.2) is 5.13 Å². The molecule has 6 heteroatoms. The Bertz CT molecular complexity index is 1030. The van der Waals surface area contributed by atoms with Crippen molar-refractivity contribution in [2.45, 2.75) is 33.6 Å². The molecule has 1 amide bonds. The highest BCUT2D eigenvalue weighted by Crippen LogP contribution is 2.33. The molecule has 164 valence electrons. The van der Waals surface area contributed by atoms with Gasteiger partial charge in [0.1, 0.15) is 0 Å². The first-order chi connectivity index (χ1) is 15.0. The van der Waals surface area contributed by atoms with E-state index in [4.69, 9.17) is 4.98 Å². The highest BCUT2D eigenvalue weighted by molar-refractivity contribution is 7.22. The van der Waals surface area contributed by atoms with Crippen LogP contribution in [0.15, 0.2) is 42.5 Å². The Morgan fingerprint density at radius 1 is 1.26 bits per heavy atom. The van der Waals surface area contributed by atoms with Gasteiger partial charge in [0.05, 0.1) is 16.1 Å². The second kappa shape index (κ2) is 9.69. The molecule has 1 aliphatic rings. The van der Waals surface area contributed by atoms with Crippen molar-refractivity contribution in [3.8, 4) is 0 Å². The number of nitrogens with one attached hydrogen (secondary N) is 1. The predicted molar refractivity (Wildman–Crippen MR) is 131 cm³/mol. The Morgan fingerprint density at radius 3 is 2.84 bits per heavy atom. The van der Waals surface area contributed by atoms with Gasteiger partial charge in [-0.05, 0) is 62.9 Å². The fraction of sp³-hybridized carbons (Fsp3) is 0.440. The molecule has 3 aromatic rings. The van der Waals surface area contributed by atoms with E-state index >= 15 is 0 Å². The number of anilines is 2. The SMILES string of the molecule is CCN(CCNC(=O)C1CCCN(c2nc3c(C)cc(C)cc3s2)C1)c1ccccc1. The highest BCUT2D eigenvalue weighted by Gasteiger charge is 2.27. The van der Waals surface area contributed by atoms with Crippen molar-refractivity contribution in [2.24, 2.45) is 5.92 Å². The number of hydrogen-bond acceptors (Lipinski definition) is 5. The summed E-state index contributed by atoms with van der Waals surface area (Å²) in [6.07, 6.45) is 1.97. The topological polar surface area (TPSA) is 48.5 Å². The largest absolute Gasteiger partial charge is 0.370 e. The molecule has 4 rings (SSSR count). The standard InChI is InChI=1S/C25H32N4OS/c1-4-28(21-10-6-5-7-11-21)14-12-26-24(30)20-9-8-13-29(17-20)25-27-23-19(3)15-18(2)16-22(23)31-25/h5-7,10-11,15-16,20H,4,8-9,12-14,17H2,1-3H3,(H,26,30). The Morgan fingerprint density at radius 2 is 2.06 bits per heavy atom. The first kappa shape index (κ1) is 21.6. The molecule has 1 unspecified atom stereocenters. The first-order valence-electron chi connectivity index (χ1n) is 11.3. The van der Waals surface area contributed by atoms with Crippen LogP contribution < -0.4 is 15.1 Å². The molecule has 1 aliphatic heterocycles. The summed E-state index contributed by atoms with van der Waals surface area (Å²) >= 11 is 1.74. The van der Waals surface area contributed by atoms with Crippen molar-refractivity contribution >= 4 is 38.3 Å². The summed E-state index contributed by atoms with van der Waals surface area (Å²) in [6.45, 7) is 10.5. The maximum Gasteiger partial charge on any atom is 0.224 e. The summed E-state index contributed by atoms with van der Waals surface area (Å²) in [5.74, 6) is 0.192. The third kappa shape index (κ3) is 5.01. The van der Waals surface area contributed by atoms with Gasteiger partial charge in [-0.2, -0.15) is 0 Å². The fourth-order valence-corrected chi connectivity index (χ4v) is 5.60. The Kier molecular flexibility index (Phi) is 6.76.